The van der Waals surface area contributed by atoms with Crippen molar-refractivity contribution in [3.05, 3.63) is 45.2 Å². The number of rotatable bonds is 2. The van der Waals surface area contributed by atoms with E-state index in [0.29, 0.717) is 10.2 Å². The Labute approximate surface area is 114 Å². The van der Waals surface area contributed by atoms with E-state index in [1.807, 2.05) is 39.0 Å². The first-order valence-electron chi connectivity index (χ1n) is 5.58. The summed E-state index contributed by atoms with van der Waals surface area (Å²) in [4.78, 5) is 12.1. The number of aryl methyl sites for hydroxylation is 3. The maximum atomic E-state index is 12.1. The normalized spacial score (nSPS) is 10.4. The molecule has 0 unspecified atom stereocenters. The van der Waals surface area contributed by atoms with Gasteiger partial charge in [0.05, 0.1) is 4.47 Å². The number of halogens is 1. The molecule has 0 aliphatic heterocycles. The van der Waals surface area contributed by atoms with Crippen molar-refractivity contribution in [2.75, 3.05) is 5.32 Å². The molecule has 2 rings (SSSR count). The van der Waals surface area contributed by atoms with Crippen LogP contribution in [0.2, 0.25) is 0 Å². The van der Waals surface area contributed by atoms with E-state index in [0.717, 1.165) is 16.9 Å². The lowest BCUT2D eigenvalue weighted by Gasteiger charge is -2.08. The molecule has 0 aliphatic carbocycles. The van der Waals surface area contributed by atoms with Crippen molar-refractivity contribution in [3.63, 3.8) is 0 Å². The fourth-order valence-electron chi connectivity index (χ4n) is 1.70. The van der Waals surface area contributed by atoms with Crippen molar-refractivity contribution in [3.8, 4) is 0 Å². The van der Waals surface area contributed by atoms with Gasteiger partial charge in [-0.2, -0.15) is 5.10 Å². The van der Waals surface area contributed by atoms with Crippen LogP contribution in [-0.2, 0) is 0 Å². The highest BCUT2D eigenvalue weighted by molar-refractivity contribution is 9.10. The van der Waals surface area contributed by atoms with E-state index in [4.69, 9.17) is 0 Å². The third-order valence-corrected chi connectivity index (χ3v) is 3.69. The second-order valence-corrected chi connectivity index (χ2v) is 5.08. The maximum Gasteiger partial charge on any atom is 0.277 e. The average Bonchev–Trinajstić information content (AvgIpc) is 2.64. The lowest BCUT2D eigenvalue weighted by atomic mass is 10.1. The van der Waals surface area contributed by atoms with Crippen LogP contribution in [0.4, 0.5) is 5.69 Å². The molecule has 1 heterocycles. The number of aromatic nitrogens is 2. The number of carbonyl (C=O) groups is 1. The first-order chi connectivity index (χ1) is 8.49. The Morgan fingerprint density at radius 3 is 2.61 bits per heavy atom. The number of aromatic amines is 1. The van der Waals surface area contributed by atoms with Gasteiger partial charge in [0.1, 0.15) is 0 Å². The topological polar surface area (TPSA) is 57.8 Å². The average molecular weight is 308 g/mol. The van der Waals surface area contributed by atoms with E-state index in [-0.39, 0.29) is 5.91 Å². The van der Waals surface area contributed by atoms with Gasteiger partial charge in [0.2, 0.25) is 0 Å². The third-order valence-electron chi connectivity index (χ3n) is 2.72. The van der Waals surface area contributed by atoms with Crippen LogP contribution in [0.3, 0.4) is 0 Å². The maximum absolute atomic E-state index is 12.1. The lowest BCUT2D eigenvalue weighted by Crippen LogP contribution is -2.14. The van der Waals surface area contributed by atoms with Crippen molar-refractivity contribution in [1.29, 1.82) is 0 Å². The zero-order valence-corrected chi connectivity index (χ0v) is 12.1. The molecule has 0 aliphatic rings. The number of hydrogen-bond donors (Lipinski definition) is 2. The molecule has 0 saturated heterocycles. The van der Waals surface area contributed by atoms with Crippen LogP contribution in [0, 0.1) is 20.8 Å². The number of amides is 1. The molecule has 0 bridgehead atoms. The molecule has 2 aromatic rings. The first-order valence-corrected chi connectivity index (χ1v) is 6.37. The minimum absolute atomic E-state index is 0.224. The Kier molecular flexibility index (Phi) is 3.52. The number of nitrogens with zero attached hydrogens (tertiary/aromatic N) is 1. The number of benzene rings is 1. The molecule has 0 atom stereocenters. The van der Waals surface area contributed by atoms with Gasteiger partial charge in [-0.05, 0) is 48.3 Å². The predicted octanol–water partition coefficient (Wildman–Crippen LogP) is 3.35. The zero-order chi connectivity index (χ0) is 13.3. The summed E-state index contributed by atoms with van der Waals surface area (Å²) in [5.41, 5.74) is 4.21. The molecule has 5 heteroatoms. The molecule has 0 radical (unpaired) electrons. The van der Waals surface area contributed by atoms with Crippen molar-refractivity contribution >= 4 is 27.5 Å². The van der Waals surface area contributed by atoms with Gasteiger partial charge in [0.25, 0.3) is 5.91 Å². The number of nitrogens with one attached hydrogen (secondary N) is 2. The standard InChI is InChI=1S/C13H14BrN3O/c1-7-4-5-10(8(2)6-7)15-13(18)12-11(14)9(3)16-17-12/h4-6H,1-3H3,(H,15,18)(H,16,17). The molecule has 1 amide bonds. The van der Waals surface area contributed by atoms with Gasteiger partial charge in [-0.3, -0.25) is 9.89 Å². The summed E-state index contributed by atoms with van der Waals surface area (Å²) < 4.78 is 0.699. The summed E-state index contributed by atoms with van der Waals surface area (Å²) in [6.07, 6.45) is 0. The van der Waals surface area contributed by atoms with Gasteiger partial charge >= 0.3 is 0 Å². The SMILES string of the molecule is Cc1ccc(NC(=O)c2n[nH]c(C)c2Br)c(C)c1. The fourth-order valence-corrected chi connectivity index (χ4v) is 2.06. The number of carbonyl (C=O) groups excluding carboxylic acids is 1. The van der Waals surface area contributed by atoms with Crippen LogP contribution < -0.4 is 5.32 Å². The largest absolute Gasteiger partial charge is 0.320 e. The summed E-state index contributed by atoms with van der Waals surface area (Å²) >= 11 is 3.34. The van der Waals surface area contributed by atoms with Crippen molar-refractivity contribution in [1.82, 2.24) is 10.2 Å². The highest BCUT2D eigenvalue weighted by atomic mass is 79.9. The Morgan fingerprint density at radius 2 is 2.06 bits per heavy atom. The number of anilines is 1. The highest BCUT2D eigenvalue weighted by Gasteiger charge is 2.16. The van der Waals surface area contributed by atoms with Crippen LogP contribution in [0.5, 0.6) is 0 Å². The Hall–Kier alpha value is -1.62. The van der Waals surface area contributed by atoms with E-state index in [9.17, 15) is 4.79 Å². The van der Waals surface area contributed by atoms with E-state index in [1.54, 1.807) is 0 Å². The summed E-state index contributed by atoms with van der Waals surface area (Å²) in [5, 5.41) is 9.60. The lowest BCUT2D eigenvalue weighted by molar-refractivity contribution is 0.102. The van der Waals surface area contributed by atoms with E-state index in [1.165, 1.54) is 5.56 Å². The van der Waals surface area contributed by atoms with Crippen molar-refractivity contribution in [2.45, 2.75) is 20.8 Å². The second-order valence-electron chi connectivity index (χ2n) is 4.28. The van der Waals surface area contributed by atoms with Gasteiger partial charge in [-0.25, -0.2) is 0 Å². The molecular weight excluding hydrogens is 294 g/mol. The van der Waals surface area contributed by atoms with Crippen LogP contribution >= 0.6 is 15.9 Å². The van der Waals surface area contributed by atoms with E-state index >= 15 is 0 Å². The second kappa shape index (κ2) is 4.94. The minimum Gasteiger partial charge on any atom is -0.320 e. The summed E-state index contributed by atoms with van der Waals surface area (Å²) in [6.45, 7) is 5.84. The third kappa shape index (κ3) is 2.46. The molecule has 4 nitrogen and oxygen atoms in total. The fraction of sp³-hybridized carbons (Fsp3) is 0.231. The number of H-pyrrole nitrogens is 1. The van der Waals surface area contributed by atoms with Crippen LogP contribution in [-0.4, -0.2) is 16.1 Å². The van der Waals surface area contributed by atoms with Gasteiger partial charge < -0.3 is 5.32 Å². The van der Waals surface area contributed by atoms with Gasteiger partial charge in [-0.15, -0.1) is 0 Å². The Balaban J connectivity index is 2.24. The van der Waals surface area contributed by atoms with E-state index < -0.39 is 0 Å². The highest BCUT2D eigenvalue weighted by Crippen LogP contribution is 2.21. The van der Waals surface area contributed by atoms with Crippen LogP contribution in [0.1, 0.15) is 27.3 Å². The Morgan fingerprint density at radius 1 is 1.33 bits per heavy atom. The molecule has 94 valence electrons. The van der Waals surface area contributed by atoms with Gasteiger partial charge in [0.15, 0.2) is 5.69 Å². The van der Waals surface area contributed by atoms with Crippen molar-refractivity contribution < 1.29 is 4.79 Å². The van der Waals surface area contributed by atoms with Crippen LogP contribution in [0.25, 0.3) is 0 Å². The van der Waals surface area contributed by atoms with Crippen molar-refractivity contribution in [2.24, 2.45) is 0 Å². The quantitative estimate of drug-likeness (QED) is 0.894. The smallest absolute Gasteiger partial charge is 0.277 e. The molecule has 2 N–H and O–H groups in total. The van der Waals surface area contributed by atoms with Gasteiger partial charge in [0, 0.05) is 11.4 Å². The predicted molar refractivity (Wildman–Crippen MR) is 74.9 cm³/mol. The molecule has 18 heavy (non-hydrogen) atoms. The molecule has 0 saturated carbocycles. The number of hydrogen-bond acceptors (Lipinski definition) is 2. The summed E-state index contributed by atoms with van der Waals surface area (Å²) in [6, 6.07) is 5.89. The molecular formula is C13H14BrN3O. The Bertz CT molecular complexity index is 604. The van der Waals surface area contributed by atoms with E-state index in [2.05, 4.69) is 31.4 Å². The molecule has 1 aromatic carbocycles. The summed E-state index contributed by atoms with van der Waals surface area (Å²) in [5.74, 6) is -0.224. The summed E-state index contributed by atoms with van der Waals surface area (Å²) in [7, 11) is 0. The molecule has 0 spiro atoms. The minimum atomic E-state index is -0.224. The van der Waals surface area contributed by atoms with Crippen LogP contribution in [0.15, 0.2) is 22.7 Å². The first kappa shape index (κ1) is 12.8. The molecule has 0 fully saturated rings. The zero-order valence-electron chi connectivity index (χ0n) is 10.5. The van der Waals surface area contributed by atoms with Gasteiger partial charge in [-0.1, -0.05) is 17.7 Å². The monoisotopic (exact) mass is 307 g/mol. The molecule has 1 aromatic heterocycles.